The molecule has 66 heavy (non-hydrogen) atoms. The van der Waals surface area contributed by atoms with E-state index in [9.17, 15) is 0 Å². The number of hydrogen-bond acceptors (Lipinski definition) is 1. The van der Waals surface area contributed by atoms with Crippen molar-refractivity contribution in [1.29, 1.82) is 0 Å². The zero-order valence-corrected chi connectivity index (χ0v) is 37.5. The molecule has 0 amide bonds. The number of aryl methyl sites for hydroxylation is 3. The highest BCUT2D eigenvalue weighted by Crippen LogP contribution is 2.52. The molecule has 11 aromatic rings. The summed E-state index contributed by atoms with van der Waals surface area (Å²) < 4.78 is 4.93. The molecule has 1 aliphatic carbocycles. The van der Waals surface area contributed by atoms with Crippen LogP contribution in [0.1, 0.15) is 28.7 Å². The summed E-state index contributed by atoms with van der Waals surface area (Å²) in [4.78, 5) is 2.61. The molecule has 0 radical (unpaired) electrons. The number of fused-ring (bicyclic) bond motifs is 10. The molecule has 2 aromatic heterocycles. The zero-order chi connectivity index (χ0) is 44.3. The quantitative estimate of drug-likeness (QED) is 0.168. The lowest BCUT2D eigenvalue weighted by molar-refractivity contribution is 0.830. The largest absolute Gasteiger partial charge is 0.331 e. The number of aromatic nitrogens is 2. The van der Waals surface area contributed by atoms with Crippen molar-refractivity contribution in [3.8, 4) is 33.6 Å². The Balaban J connectivity index is 0.000000599. The summed E-state index contributed by atoms with van der Waals surface area (Å²) in [7, 11) is 0. The molecule has 9 aromatic carbocycles. The van der Waals surface area contributed by atoms with Crippen molar-refractivity contribution < 1.29 is 0 Å². The summed E-state index contributed by atoms with van der Waals surface area (Å²) in [6.45, 7) is 6.57. The third kappa shape index (κ3) is 6.42. The first kappa shape index (κ1) is 39.5. The predicted molar refractivity (Wildman–Crippen MR) is 281 cm³/mol. The van der Waals surface area contributed by atoms with Crippen LogP contribution in [0, 0.1) is 20.8 Å². The highest BCUT2D eigenvalue weighted by Gasteiger charge is 2.38. The molecular weight excluding hydrogens is 799 g/mol. The van der Waals surface area contributed by atoms with E-state index < -0.39 is 0 Å². The summed E-state index contributed by atoms with van der Waals surface area (Å²) >= 11 is 0. The van der Waals surface area contributed by atoms with E-state index in [2.05, 4.69) is 241 Å². The molecule has 3 heteroatoms. The van der Waals surface area contributed by atoms with E-state index in [0.717, 1.165) is 12.1 Å². The van der Waals surface area contributed by atoms with E-state index >= 15 is 0 Å². The van der Waals surface area contributed by atoms with Gasteiger partial charge in [0.15, 0.2) is 0 Å². The Morgan fingerprint density at radius 2 is 0.939 bits per heavy atom. The minimum absolute atomic E-state index is 0.231. The van der Waals surface area contributed by atoms with Crippen molar-refractivity contribution in [2.45, 2.75) is 33.2 Å². The SMILES string of the molecule is Cc1ccccc1.Cc1ccccc1-c1ccc2c3ccccc3n(-c3ccc(-c4ccc(N5c6c(ccc7c8ccccc8n(-c8ccccc8)c67)C6=CC=CCC65)cc4)cc3)c2c1C. The van der Waals surface area contributed by atoms with Crippen LogP contribution in [0.2, 0.25) is 0 Å². The number of anilines is 2. The molecule has 2 aliphatic rings. The van der Waals surface area contributed by atoms with Crippen molar-refractivity contribution in [3.63, 3.8) is 0 Å². The van der Waals surface area contributed by atoms with Crippen LogP contribution in [0.3, 0.4) is 0 Å². The third-order valence-electron chi connectivity index (χ3n) is 13.9. The normalized spacial score (nSPS) is 14.1. The van der Waals surface area contributed by atoms with Crippen molar-refractivity contribution in [2.24, 2.45) is 0 Å². The van der Waals surface area contributed by atoms with Gasteiger partial charge in [-0.25, -0.2) is 0 Å². The first-order valence-corrected chi connectivity index (χ1v) is 23.1. The maximum Gasteiger partial charge on any atom is 0.0785 e. The maximum absolute atomic E-state index is 2.61. The van der Waals surface area contributed by atoms with Gasteiger partial charge in [-0.2, -0.15) is 0 Å². The van der Waals surface area contributed by atoms with E-state index in [4.69, 9.17) is 0 Å². The average Bonchev–Trinajstić information content (AvgIpc) is 4.02. The second-order valence-corrected chi connectivity index (χ2v) is 17.8. The van der Waals surface area contributed by atoms with Gasteiger partial charge in [0.25, 0.3) is 0 Å². The Kier molecular flexibility index (Phi) is 9.65. The number of nitrogens with zero attached hydrogens (tertiary/aromatic N) is 3. The van der Waals surface area contributed by atoms with Gasteiger partial charge in [0.05, 0.1) is 33.8 Å². The van der Waals surface area contributed by atoms with Gasteiger partial charge in [-0.1, -0.05) is 182 Å². The molecule has 3 nitrogen and oxygen atoms in total. The van der Waals surface area contributed by atoms with Crippen LogP contribution in [0.4, 0.5) is 11.4 Å². The molecule has 0 saturated carbocycles. The summed E-state index contributed by atoms with van der Waals surface area (Å²) in [6.07, 6.45) is 7.83. The summed E-state index contributed by atoms with van der Waals surface area (Å²) in [5, 5.41) is 5.11. The molecule has 0 saturated heterocycles. The summed E-state index contributed by atoms with van der Waals surface area (Å²) in [5.41, 5.74) is 21.4. The second kappa shape index (κ2) is 16.1. The predicted octanol–water partition coefficient (Wildman–Crippen LogP) is 16.7. The fourth-order valence-electron chi connectivity index (χ4n) is 10.8. The Labute approximate surface area is 386 Å². The van der Waals surface area contributed by atoms with Crippen molar-refractivity contribution in [1.82, 2.24) is 9.13 Å². The van der Waals surface area contributed by atoms with Gasteiger partial charge in [-0.05, 0) is 115 Å². The Morgan fingerprint density at radius 1 is 0.409 bits per heavy atom. The highest BCUT2D eigenvalue weighted by atomic mass is 15.2. The number of para-hydroxylation sites is 3. The van der Waals surface area contributed by atoms with E-state index in [1.54, 1.807) is 0 Å². The van der Waals surface area contributed by atoms with Crippen molar-refractivity contribution in [3.05, 3.63) is 247 Å². The first-order chi connectivity index (χ1) is 32.5. The van der Waals surface area contributed by atoms with E-state index in [-0.39, 0.29) is 6.04 Å². The molecule has 316 valence electrons. The minimum Gasteiger partial charge on any atom is -0.331 e. The zero-order valence-electron chi connectivity index (χ0n) is 37.5. The van der Waals surface area contributed by atoms with Gasteiger partial charge in [0.1, 0.15) is 0 Å². The number of allylic oxidation sites excluding steroid dienone is 2. The molecule has 0 spiro atoms. The van der Waals surface area contributed by atoms with Crippen LogP contribution in [0.5, 0.6) is 0 Å². The monoisotopic (exact) mass is 847 g/mol. The second-order valence-electron chi connectivity index (χ2n) is 17.8. The highest BCUT2D eigenvalue weighted by molar-refractivity contribution is 6.17. The van der Waals surface area contributed by atoms with Crippen LogP contribution >= 0.6 is 0 Å². The lowest BCUT2D eigenvalue weighted by atomic mass is 9.95. The number of rotatable bonds is 5. The molecule has 0 bridgehead atoms. The van der Waals surface area contributed by atoms with Gasteiger partial charge in [-0.15, -0.1) is 0 Å². The van der Waals surface area contributed by atoms with Crippen LogP contribution in [0.15, 0.2) is 224 Å². The van der Waals surface area contributed by atoms with E-state index in [1.807, 2.05) is 18.2 Å². The van der Waals surface area contributed by atoms with Crippen LogP contribution in [0.25, 0.3) is 82.8 Å². The Hall–Kier alpha value is -8.14. The van der Waals surface area contributed by atoms with Gasteiger partial charge in [0, 0.05) is 44.2 Å². The third-order valence-corrected chi connectivity index (χ3v) is 13.9. The molecular formula is C63H49N3. The van der Waals surface area contributed by atoms with E-state index in [1.165, 1.54) is 111 Å². The molecule has 1 aliphatic heterocycles. The standard InChI is InChI=1S/C56H41N3.C7H8/c1-36-14-6-7-17-43(36)44-32-33-48-45-18-8-11-21-51(45)57(54(48)37(44)2)41-28-24-38(25-29-41)39-26-30-42(31-27-39)59-53-23-13-10-20-47(53)50-35-34-49-46-19-9-12-22-52(46)58(55(49)56(50)59)40-15-4-3-5-16-40;1-7-5-3-2-4-6-7/h3-22,24-35,53H,23H2,1-2H3;2-6H,1H3. The summed E-state index contributed by atoms with van der Waals surface area (Å²) in [5.74, 6) is 0. The molecule has 1 unspecified atom stereocenters. The topological polar surface area (TPSA) is 13.1 Å². The Morgan fingerprint density at radius 3 is 1.58 bits per heavy atom. The first-order valence-electron chi connectivity index (χ1n) is 23.1. The van der Waals surface area contributed by atoms with Gasteiger partial charge >= 0.3 is 0 Å². The van der Waals surface area contributed by atoms with Gasteiger partial charge in [0.2, 0.25) is 0 Å². The smallest absolute Gasteiger partial charge is 0.0785 e. The van der Waals surface area contributed by atoms with Crippen LogP contribution in [-0.2, 0) is 0 Å². The van der Waals surface area contributed by atoms with Gasteiger partial charge in [-0.3, -0.25) is 0 Å². The molecule has 0 N–H and O–H groups in total. The molecule has 13 rings (SSSR count). The Bertz CT molecular complexity index is 3680. The number of benzene rings is 9. The van der Waals surface area contributed by atoms with Crippen molar-refractivity contribution >= 4 is 60.6 Å². The molecule has 3 heterocycles. The van der Waals surface area contributed by atoms with Gasteiger partial charge < -0.3 is 14.0 Å². The lowest BCUT2D eigenvalue weighted by Crippen LogP contribution is -2.27. The van der Waals surface area contributed by atoms with Crippen LogP contribution in [-0.4, -0.2) is 15.2 Å². The van der Waals surface area contributed by atoms with Crippen molar-refractivity contribution in [2.75, 3.05) is 4.90 Å². The van der Waals surface area contributed by atoms with E-state index in [0.29, 0.717) is 0 Å². The maximum atomic E-state index is 2.61. The lowest BCUT2D eigenvalue weighted by Gasteiger charge is -2.29. The molecule has 1 atom stereocenters. The average molecular weight is 848 g/mol. The van der Waals surface area contributed by atoms with Crippen LogP contribution < -0.4 is 4.90 Å². The fourth-order valence-corrected chi connectivity index (χ4v) is 10.8. The molecule has 0 fully saturated rings. The number of hydrogen-bond donors (Lipinski definition) is 0. The summed E-state index contributed by atoms with van der Waals surface area (Å²) in [6, 6.07) is 75.4. The minimum atomic E-state index is 0.231. The fraction of sp³-hybridized carbons (Fsp3) is 0.0794.